The Kier molecular flexibility index (Phi) is 6.75. The lowest BCUT2D eigenvalue weighted by Crippen LogP contribution is -2.22. The van der Waals surface area contributed by atoms with E-state index in [4.69, 9.17) is 0 Å². The molecule has 0 aliphatic rings. The van der Waals surface area contributed by atoms with E-state index < -0.39 is 17.8 Å². The number of rotatable bonds is 6. The van der Waals surface area contributed by atoms with Crippen molar-refractivity contribution in [3.05, 3.63) is 59.7 Å². The maximum Gasteiger partial charge on any atom is 0.416 e. The van der Waals surface area contributed by atoms with Crippen molar-refractivity contribution in [3.8, 4) is 0 Å². The lowest BCUT2D eigenvalue weighted by molar-refractivity contribution is -0.137. The zero-order chi connectivity index (χ0) is 18.3. The topological polar surface area (TPSA) is 41.1 Å². The Bertz CT molecular complexity index is 702. The second-order valence-electron chi connectivity index (χ2n) is 5.48. The molecule has 0 bridgehead atoms. The minimum absolute atomic E-state index is 0.0860. The fourth-order valence-electron chi connectivity index (χ4n) is 2.14. The number of aryl methyl sites for hydroxylation is 1. The van der Waals surface area contributed by atoms with Gasteiger partial charge >= 0.3 is 12.2 Å². The first kappa shape index (κ1) is 19.2. The van der Waals surface area contributed by atoms with E-state index in [1.54, 1.807) is 0 Å². The first-order valence-corrected chi connectivity index (χ1v) is 8.70. The highest BCUT2D eigenvalue weighted by molar-refractivity contribution is 7.98. The molecule has 0 unspecified atom stereocenters. The number of hydrogen-bond acceptors (Lipinski definition) is 2. The van der Waals surface area contributed by atoms with Crippen molar-refractivity contribution in [3.63, 3.8) is 0 Å². The minimum atomic E-state index is -4.44. The largest absolute Gasteiger partial charge is 0.416 e. The molecule has 25 heavy (non-hydrogen) atoms. The Morgan fingerprint density at radius 3 is 2.48 bits per heavy atom. The van der Waals surface area contributed by atoms with Crippen LogP contribution in [-0.4, -0.2) is 6.03 Å². The second kappa shape index (κ2) is 8.80. The normalized spacial score (nSPS) is 11.2. The molecule has 0 spiro atoms. The van der Waals surface area contributed by atoms with E-state index in [1.807, 2.05) is 24.3 Å². The molecule has 134 valence electrons. The number of carbonyl (C=O) groups excluding carboxylic acids is 1. The van der Waals surface area contributed by atoms with Crippen molar-refractivity contribution in [2.75, 3.05) is 5.32 Å². The molecule has 2 aromatic rings. The van der Waals surface area contributed by atoms with E-state index >= 15 is 0 Å². The van der Waals surface area contributed by atoms with Crippen molar-refractivity contribution >= 4 is 23.7 Å². The van der Waals surface area contributed by atoms with Crippen molar-refractivity contribution < 1.29 is 18.0 Å². The van der Waals surface area contributed by atoms with Gasteiger partial charge in [-0.15, -0.1) is 0 Å². The molecule has 2 rings (SSSR count). The van der Waals surface area contributed by atoms with Crippen molar-refractivity contribution in [2.45, 2.75) is 37.3 Å². The molecule has 0 fully saturated rings. The Labute approximate surface area is 149 Å². The van der Waals surface area contributed by atoms with Gasteiger partial charge in [0.15, 0.2) is 0 Å². The maximum absolute atomic E-state index is 12.7. The minimum Gasteiger partial charge on any atom is -0.307 e. The van der Waals surface area contributed by atoms with Crippen LogP contribution in [0, 0.1) is 0 Å². The molecule has 0 radical (unpaired) electrons. The summed E-state index contributed by atoms with van der Waals surface area (Å²) in [5.74, 6) is 0. The highest BCUT2D eigenvalue weighted by atomic mass is 32.2. The molecular formula is C18H19F3N2OS. The first-order chi connectivity index (χ1) is 11.9. The predicted molar refractivity (Wildman–Crippen MR) is 94.5 cm³/mol. The summed E-state index contributed by atoms with van der Waals surface area (Å²) in [5.41, 5.74) is 0.517. The number of benzene rings is 2. The molecule has 0 aliphatic carbocycles. The fourth-order valence-corrected chi connectivity index (χ4v) is 2.67. The Morgan fingerprint density at radius 1 is 1.12 bits per heavy atom. The molecule has 3 nitrogen and oxygen atoms in total. The van der Waals surface area contributed by atoms with Gasteiger partial charge in [0.2, 0.25) is 0 Å². The molecule has 2 aromatic carbocycles. The third-order valence-electron chi connectivity index (χ3n) is 3.45. The first-order valence-electron chi connectivity index (χ1n) is 7.88. The summed E-state index contributed by atoms with van der Waals surface area (Å²) in [7, 11) is 0. The van der Waals surface area contributed by atoms with Crippen LogP contribution in [0.1, 0.15) is 30.9 Å². The van der Waals surface area contributed by atoms with Gasteiger partial charge in [-0.25, -0.2) is 4.79 Å². The molecule has 7 heteroatoms. The maximum atomic E-state index is 12.7. The number of unbranched alkanes of at least 4 members (excludes halogenated alkanes) is 1. The molecular weight excluding hydrogens is 349 g/mol. The average molecular weight is 368 g/mol. The molecule has 0 saturated heterocycles. The third kappa shape index (κ3) is 6.34. The van der Waals surface area contributed by atoms with Gasteiger partial charge in [0.1, 0.15) is 0 Å². The molecule has 2 N–H and O–H groups in total. The van der Waals surface area contributed by atoms with Gasteiger partial charge in [0, 0.05) is 10.6 Å². The van der Waals surface area contributed by atoms with Gasteiger partial charge in [-0.05, 0) is 60.7 Å². The Hall–Kier alpha value is -2.15. The number of amides is 2. The molecule has 0 aliphatic heterocycles. The number of urea groups is 1. The van der Waals surface area contributed by atoms with Crippen molar-refractivity contribution in [2.24, 2.45) is 0 Å². The summed E-state index contributed by atoms with van der Waals surface area (Å²) in [6.07, 6.45) is -1.16. The van der Waals surface area contributed by atoms with E-state index in [2.05, 4.69) is 17.0 Å². The molecule has 2 amide bonds. The fraction of sp³-hybridized carbons (Fsp3) is 0.278. The monoisotopic (exact) mass is 368 g/mol. The predicted octanol–water partition coefficient (Wildman–Crippen LogP) is 5.88. The highest BCUT2D eigenvalue weighted by Gasteiger charge is 2.30. The number of halogens is 3. The third-order valence-corrected chi connectivity index (χ3v) is 4.25. The second-order valence-corrected chi connectivity index (χ2v) is 6.36. The van der Waals surface area contributed by atoms with Crippen LogP contribution in [0.3, 0.4) is 0 Å². The molecule has 0 saturated carbocycles. The number of carbonyl (C=O) groups is 1. The molecule has 0 aromatic heterocycles. The number of anilines is 1. The smallest absolute Gasteiger partial charge is 0.307 e. The summed E-state index contributed by atoms with van der Waals surface area (Å²) in [4.78, 5) is 12.7. The summed E-state index contributed by atoms with van der Waals surface area (Å²) in [6.45, 7) is 2.14. The van der Waals surface area contributed by atoms with E-state index in [1.165, 1.54) is 17.7 Å². The summed E-state index contributed by atoms with van der Waals surface area (Å²) in [6, 6.07) is 11.7. The van der Waals surface area contributed by atoms with Gasteiger partial charge in [-0.3, -0.25) is 4.72 Å². The summed E-state index contributed by atoms with van der Waals surface area (Å²) in [5, 5.41) is 2.39. The van der Waals surface area contributed by atoms with Crippen LogP contribution in [-0.2, 0) is 12.6 Å². The van der Waals surface area contributed by atoms with Crippen LogP contribution in [0.25, 0.3) is 0 Å². The van der Waals surface area contributed by atoms with E-state index in [0.29, 0.717) is 0 Å². The van der Waals surface area contributed by atoms with Crippen molar-refractivity contribution in [1.29, 1.82) is 0 Å². The highest BCUT2D eigenvalue weighted by Crippen LogP contribution is 2.30. The summed E-state index contributed by atoms with van der Waals surface area (Å²) < 4.78 is 40.5. The number of hydrogen-bond donors (Lipinski definition) is 2. The van der Waals surface area contributed by atoms with E-state index in [-0.39, 0.29) is 5.69 Å². The summed E-state index contributed by atoms with van der Waals surface area (Å²) >= 11 is 1.11. The Balaban J connectivity index is 1.86. The zero-order valence-corrected chi connectivity index (χ0v) is 14.5. The van der Waals surface area contributed by atoms with Crippen LogP contribution >= 0.6 is 11.9 Å². The quantitative estimate of drug-likeness (QED) is 0.626. The van der Waals surface area contributed by atoms with Crippen LogP contribution in [0.4, 0.5) is 23.7 Å². The van der Waals surface area contributed by atoms with Crippen LogP contribution in [0.15, 0.2) is 53.4 Å². The van der Waals surface area contributed by atoms with Gasteiger partial charge in [0.25, 0.3) is 0 Å². The average Bonchev–Trinajstić information content (AvgIpc) is 2.58. The van der Waals surface area contributed by atoms with Gasteiger partial charge in [-0.2, -0.15) is 13.2 Å². The van der Waals surface area contributed by atoms with Crippen molar-refractivity contribution in [1.82, 2.24) is 4.72 Å². The zero-order valence-electron chi connectivity index (χ0n) is 13.7. The van der Waals surface area contributed by atoms with Gasteiger partial charge < -0.3 is 5.32 Å². The van der Waals surface area contributed by atoms with Crippen LogP contribution < -0.4 is 10.0 Å². The Morgan fingerprint density at radius 2 is 1.84 bits per heavy atom. The lowest BCUT2D eigenvalue weighted by atomic mass is 10.1. The van der Waals surface area contributed by atoms with E-state index in [0.717, 1.165) is 48.2 Å². The standard InChI is InChI=1S/C18H19F3N2OS/c1-2-3-5-13-8-10-16(11-9-13)25-23-17(24)22-15-7-4-6-14(12-15)18(19,20)21/h4,6-12H,2-3,5H2,1H3,(H2,22,23,24). The lowest BCUT2D eigenvalue weighted by Gasteiger charge is -2.10. The van der Waals surface area contributed by atoms with Gasteiger partial charge in [-0.1, -0.05) is 31.5 Å². The van der Waals surface area contributed by atoms with Crippen LogP contribution in [0.2, 0.25) is 0 Å². The molecule has 0 heterocycles. The van der Waals surface area contributed by atoms with Gasteiger partial charge in [0.05, 0.1) is 5.56 Å². The SMILES string of the molecule is CCCCc1ccc(SNC(=O)Nc2cccc(C(F)(F)F)c2)cc1. The number of nitrogens with one attached hydrogen (secondary N) is 2. The molecule has 0 atom stereocenters. The number of alkyl halides is 3. The van der Waals surface area contributed by atoms with Crippen LogP contribution in [0.5, 0.6) is 0 Å². The van der Waals surface area contributed by atoms with E-state index in [9.17, 15) is 18.0 Å².